The summed E-state index contributed by atoms with van der Waals surface area (Å²) in [6.45, 7) is 4.92. The fourth-order valence-corrected chi connectivity index (χ4v) is 4.01. The van der Waals surface area contributed by atoms with Crippen LogP contribution >= 0.6 is 12.4 Å². The van der Waals surface area contributed by atoms with Crippen LogP contribution in [-0.4, -0.2) is 25.1 Å². The highest BCUT2D eigenvalue weighted by Gasteiger charge is 2.11. The van der Waals surface area contributed by atoms with Gasteiger partial charge in [-0.3, -0.25) is 4.90 Å². The van der Waals surface area contributed by atoms with Crippen LogP contribution in [0.2, 0.25) is 0 Å². The van der Waals surface area contributed by atoms with Crippen LogP contribution in [0.3, 0.4) is 0 Å². The molecule has 3 heteroatoms. The van der Waals surface area contributed by atoms with Gasteiger partial charge in [-0.05, 0) is 60.7 Å². The highest BCUT2D eigenvalue weighted by molar-refractivity contribution is 5.85. The van der Waals surface area contributed by atoms with Crippen LogP contribution in [0.1, 0.15) is 30.0 Å². The average molecular weight is 420 g/mol. The predicted octanol–water partition coefficient (Wildman–Crippen LogP) is 6.64. The molecule has 1 heterocycles. The Hall–Kier alpha value is -2.55. The molecule has 3 aromatic carbocycles. The first-order chi connectivity index (χ1) is 14.2. The van der Waals surface area contributed by atoms with E-state index in [1.165, 1.54) is 33.4 Å². The van der Waals surface area contributed by atoms with Gasteiger partial charge in [0, 0.05) is 13.1 Å². The third-order valence-electron chi connectivity index (χ3n) is 5.38. The molecule has 0 amide bonds. The molecular formula is C27H30ClNO. The maximum absolute atomic E-state index is 5.82. The highest BCUT2D eigenvalue weighted by Crippen LogP contribution is 2.26. The zero-order chi connectivity index (χ0) is 20.1. The molecule has 0 aromatic heterocycles. The number of hydrogen-bond donors (Lipinski definition) is 0. The molecule has 156 valence electrons. The summed E-state index contributed by atoms with van der Waals surface area (Å²) in [5.74, 6) is 1.08. The van der Waals surface area contributed by atoms with Gasteiger partial charge in [-0.15, -0.1) is 12.4 Å². The molecule has 0 fully saturated rings. The number of aryl methyl sites for hydroxylation is 1. The number of nitrogens with zero attached hydrogens (tertiary/aromatic N) is 1. The smallest absolute Gasteiger partial charge is 0.122 e. The maximum atomic E-state index is 5.82. The summed E-state index contributed by atoms with van der Waals surface area (Å²) in [4.78, 5) is 2.36. The van der Waals surface area contributed by atoms with E-state index in [0.29, 0.717) is 0 Å². The summed E-state index contributed by atoms with van der Waals surface area (Å²) in [5, 5.41) is 0. The van der Waals surface area contributed by atoms with Crippen molar-refractivity contribution in [2.75, 3.05) is 20.2 Å². The van der Waals surface area contributed by atoms with E-state index in [1.807, 2.05) is 0 Å². The minimum atomic E-state index is 0. The van der Waals surface area contributed by atoms with Crippen LogP contribution in [0.25, 0.3) is 17.2 Å². The largest absolute Gasteiger partial charge is 0.493 e. The van der Waals surface area contributed by atoms with E-state index < -0.39 is 0 Å². The number of likely N-dealkylation sites (N-methyl/N-ethyl adjacent to an activating group) is 1. The molecule has 0 aliphatic carbocycles. The average Bonchev–Trinajstić information content (AvgIpc) is 2.74. The second kappa shape index (κ2) is 10.5. The van der Waals surface area contributed by atoms with Crippen LogP contribution in [-0.2, 0) is 13.0 Å². The molecule has 0 spiro atoms. The van der Waals surface area contributed by atoms with Crippen LogP contribution in [0.4, 0.5) is 0 Å². The summed E-state index contributed by atoms with van der Waals surface area (Å²) in [5.41, 5.74) is 7.78. The molecule has 0 saturated heterocycles. The van der Waals surface area contributed by atoms with Crippen LogP contribution in [0.5, 0.6) is 5.75 Å². The molecule has 2 nitrogen and oxygen atoms in total. The van der Waals surface area contributed by atoms with Crippen LogP contribution < -0.4 is 4.74 Å². The lowest BCUT2D eigenvalue weighted by atomic mass is 10.0. The van der Waals surface area contributed by atoms with Crippen molar-refractivity contribution < 1.29 is 4.74 Å². The van der Waals surface area contributed by atoms with E-state index in [9.17, 15) is 0 Å². The zero-order valence-electron chi connectivity index (χ0n) is 17.8. The Balaban J connectivity index is 0.00000256. The summed E-state index contributed by atoms with van der Waals surface area (Å²) < 4.78 is 5.82. The Bertz CT molecular complexity index is 980. The minimum absolute atomic E-state index is 0. The lowest BCUT2D eigenvalue weighted by Gasteiger charge is -2.21. The first-order valence-corrected chi connectivity index (χ1v) is 10.4. The number of halogens is 1. The molecule has 1 aliphatic heterocycles. The predicted molar refractivity (Wildman–Crippen MR) is 129 cm³/mol. The van der Waals surface area contributed by atoms with E-state index in [-0.39, 0.29) is 12.4 Å². The van der Waals surface area contributed by atoms with Gasteiger partial charge in [0.2, 0.25) is 0 Å². The van der Waals surface area contributed by atoms with E-state index in [4.69, 9.17) is 4.74 Å². The van der Waals surface area contributed by atoms with Crippen molar-refractivity contribution in [1.82, 2.24) is 4.90 Å². The highest BCUT2D eigenvalue weighted by atomic mass is 35.5. The monoisotopic (exact) mass is 419 g/mol. The molecule has 0 unspecified atom stereocenters. The Labute approximate surface area is 186 Å². The van der Waals surface area contributed by atoms with Crippen molar-refractivity contribution >= 4 is 18.5 Å². The van der Waals surface area contributed by atoms with E-state index >= 15 is 0 Å². The molecule has 0 bridgehead atoms. The van der Waals surface area contributed by atoms with Crippen molar-refractivity contribution in [3.05, 3.63) is 95.1 Å². The summed E-state index contributed by atoms with van der Waals surface area (Å²) in [6.07, 6.45) is 4.54. The van der Waals surface area contributed by atoms with Crippen molar-refractivity contribution in [3.63, 3.8) is 0 Å². The summed E-state index contributed by atoms with van der Waals surface area (Å²) in [6, 6.07) is 26.0. The van der Waals surface area contributed by atoms with Gasteiger partial charge in [0.15, 0.2) is 0 Å². The van der Waals surface area contributed by atoms with Gasteiger partial charge in [-0.1, -0.05) is 78.4 Å². The molecule has 1 aliphatic rings. The Morgan fingerprint density at radius 3 is 2.47 bits per heavy atom. The van der Waals surface area contributed by atoms with Gasteiger partial charge in [0.25, 0.3) is 0 Å². The van der Waals surface area contributed by atoms with E-state index in [1.54, 1.807) is 0 Å². The normalized spacial score (nSPS) is 13.4. The molecular weight excluding hydrogens is 390 g/mol. The lowest BCUT2D eigenvalue weighted by molar-refractivity contribution is 0.287. The number of rotatable bonds is 6. The summed E-state index contributed by atoms with van der Waals surface area (Å²) >= 11 is 0. The number of hydrogen-bond acceptors (Lipinski definition) is 2. The third kappa shape index (κ3) is 5.75. The van der Waals surface area contributed by atoms with E-state index in [0.717, 1.165) is 38.3 Å². The van der Waals surface area contributed by atoms with Gasteiger partial charge in [-0.25, -0.2) is 0 Å². The second-order valence-electron chi connectivity index (χ2n) is 8.05. The van der Waals surface area contributed by atoms with Gasteiger partial charge in [0.05, 0.1) is 6.61 Å². The first-order valence-electron chi connectivity index (χ1n) is 10.4. The number of benzene rings is 3. The number of ether oxygens (including phenoxy) is 1. The fraction of sp³-hybridized carbons (Fsp3) is 0.259. The summed E-state index contributed by atoms with van der Waals surface area (Å²) in [7, 11) is 2.18. The first kappa shape index (κ1) is 22.1. The standard InChI is InChI=1S/C27H29NO.ClH/c1-21(17-22-10-13-25(14-11-22)24-7-4-3-5-8-24)19-28(2)20-23-12-15-26-9-6-16-29-27(26)18-23;/h3-5,7-8,10-15,17-18H,6,9,16,19-20H2,1-2H3;1H/b21-17+;. The second-order valence-corrected chi connectivity index (χ2v) is 8.05. The van der Waals surface area contributed by atoms with Crippen LogP contribution in [0.15, 0.2) is 78.4 Å². The van der Waals surface area contributed by atoms with Gasteiger partial charge >= 0.3 is 0 Å². The quantitative estimate of drug-likeness (QED) is 0.444. The molecule has 0 radical (unpaired) electrons. The lowest BCUT2D eigenvalue weighted by Crippen LogP contribution is -2.20. The Kier molecular flexibility index (Phi) is 7.73. The Morgan fingerprint density at radius 1 is 0.967 bits per heavy atom. The van der Waals surface area contributed by atoms with Crippen molar-refractivity contribution in [1.29, 1.82) is 0 Å². The van der Waals surface area contributed by atoms with E-state index in [2.05, 4.69) is 97.7 Å². The van der Waals surface area contributed by atoms with Gasteiger partial charge < -0.3 is 4.74 Å². The molecule has 4 rings (SSSR count). The minimum Gasteiger partial charge on any atom is -0.493 e. The third-order valence-corrected chi connectivity index (χ3v) is 5.38. The SMILES string of the molecule is C/C(=C\c1ccc(-c2ccccc2)cc1)CN(C)Cc1ccc2c(c1)OCCC2.Cl. The van der Waals surface area contributed by atoms with Gasteiger partial charge in [-0.2, -0.15) is 0 Å². The topological polar surface area (TPSA) is 12.5 Å². The molecule has 3 aromatic rings. The zero-order valence-corrected chi connectivity index (χ0v) is 18.6. The van der Waals surface area contributed by atoms with Crippen molar-refractivity contribution in [2.45, 2.75) is 26.3 Å². The Morgan fingerprint density at radius 2 is 1.70 bits per heavy atom. The van der Waals surface area contributed by atoms with Gasteiger partial charge in [0.1, 0.15) is 5.75 Å². The number of fused-ring (bicyclic) bond motifs is 1. The fourth-order valence-electron chi connectivity index (χ4n) is 4.01. The van der Waals surface area contributed by atoms with Crippen molar-refractivity contribution in [2.24, 2.45) is 0 Å². The molecule has 0 atom stereocenters. The molecule has 0 N–H and O–H groups in total. The maximum Gasteiger partial charge on any atom is 0.122 e. The molecule has 30 heavy (non-hydrogen) atoms. The van der Waals surface area contributed by atoms with Crippen LogP contribution in [0, 0.1) is 0 Å². The molecule has 0 saturated carbocycles. The van der Waals surface area contributed by atoms with Crippen molar-refractivity contribution in [3.8, 4) is 16.9 Å².